The lowest BCUT2D eigenvalue weighted by Gasteiger charge is -2.26. The van der Waals surface area contributed by atoms with Crippen LogP contribution in [0.1, 0.15) is 28.4 Å². The van der Waals surface area contributed by atoms with Crippen molar-refractivity contribution in [3.63, 3.8) is 0 Å². The van der Waals surface area contributed by atoms with Gasteiger partial charge in [-0.3, -0.25) is 20.4 Å². The quantitative estimate of drug-likeness (QED) is 0.142. The number of nitrogens with zero attached hydrogens (tertiary/aromatic N) is 1. The first-order valence-corrected chi connectivity index (χ1v) is 12.4. The predicted octanol–water partition coefficient (Wildman–Crippen LogP) is 3.12. The summed E-state index contributed by atoms with van der Waals surface area (Å²) >= 11 is 0. The van der Waals surface area contributed by atoms with Crippen molar-refractivity contribution in [1.29, 1.82) is 5.41 Å². The highest BCUT2D eigenvalue weighted by atomic mass is 32.2. The van der Waals surface area contributed by atoms with Crippen LogP contribution in [0.3, 0.4) is 0 Å². The number of benzene rings is 3. The molecule has 3 aromatic carbocycles. The molecule has 0 heterocycles. The van der Waals surface area contributed by atoms with Crippen molar-refractivity contribution in [1.82, 2.24) is 10.7 Å². The fourth-order valence-electron chi connectivity index (χ4n) is 3.41. The summed E-state index contributed by atoms with van der Waals surface area (Å²) in [6, 6.07) is 15.5. The fourth-order valence-corrected chi connectivity index (χ4v) is 4.74. The number of sulfonamides is 1. The molecular formula is C24H22F3N5O6S. The summed E-state index contributed by atoms with van der Waals surface area (Å²) in [5, 5.41) is 19.5. The van der Waals surface area contributed by atoms with Crippen LogP contribution in [0.5, 0.6) is 5.75 Å². The topological polar surface area (TPSA) is 175 Å². The smallest absolute Gasteiger partial charge is 0.481 e. The molecule has 0 saturated heterocycles. The molecule has 0 bridgehead atoms. The molecule has 0 aromatic heterocycles. The highest BCUT2D eigenvalue weighted by Gasteiger charge is 2.31. The van der Waals surface area contributed by atoms with E-state index in [0.29, 0.717) is 4.41 Å². The van der Waals surface area contributed by atoms with Crippen molar-refractivity contribution in [2.75, 3.05) is 4.41 Å². The van der Waals surface area contributed by atoms with Crippen molar-refractivity contribution in [3.05, 3.63) is 90.0 Å². The van der Waals surface area contributed by atoms with E-state index in [0.717, 1.165) is 24.3 Å². The SMILES string of the molecule is N=C(N)NN(c1cccc(C(CC(=O)O)NC(=O)c2ccc(OC(F)(F)F)cc2)c1)S(=O)(=O)c1ccccc1. The molecule has 0 saturated carbocycles. The number of guanidine groups is 1. The number of hydrogen-bond acceptors (Lipinski definition) is 6. The molecule has 0 spiro atoms. The molecule has 0 aliphatic carbocycles. The van der Waals surface area contributed by atoms with E-state index in [1.165, 1.54) is 48.5 Å². The number of nitrogens with one attached hydrogen (secondary N) is 3. The van der Waals surface area contributed by atoms with Crippen molar-refractivity contribution in [3.8, 4) is 5.75 Å². The summed E-state index contributed by atoms with van der Waals surface area (Å²) in [6.45, 7) is 0. The number of rotatable bonds is 10. The third kappa shape index (κ3) is 7.85. The number of nitrogens with two attached hydrogens (primary N) is 1. The van der Waals surface area contributed by atoms with Crippen LogP contribution in [0.15, 0.2) is 83.8 Å². The van der Waals surface area contributed by atoms with Gasteiger partial charge in [0.25, 0.3) is 15.9 Å². The first-order valence-electron chi connectivity index (χ1n) is 11.0. The number of alkyl halides is 3. The first-order chi connectivity index (χ1) is 18.3. The molecule has 1 amide bonds. The molecule has 3 rings (SSSR count). The van der Waals surface area contributed by atoms with E-state index in [1.807, 2.05) is 0 Å². The molecule has 3 aromatic rings. The Balaban J connectivity index is 1.93. The van der Waals surface area contributed by atoms with Gasteiger partial charge in [-0.05, 0) is 54.1 Å². The minimum absolute atomic E-state index is 0.0511. The van der Waals surface area contributed by atoms with Crippen LogP contribution in [-0.2, 0) is 14.8 Å². The lowest BCUT2D eigenvalue weighted by molar-refractivity contribution is -0.274. The van der Waals surface area contributed by atoms with Gasteiger partial charge in [-0.1, -0.05) is 30.3 Å². The largest absolute Gasteiger partial charge is 0.573 e. The van der Waals surface area contributed by atoms with Gasteiger partial charge in [-0.15, -0.1) is 13.2 Å². The average Bonchev–Trinajstić information content (AvgIpc) is 2.86. The lowest BCUT2D eigenvalue weighted by atomic mass is 10.0. The van der Waals surface area contributed by atoms with Gasteiger partial charge in [0, 0.05) is 5.56 Å². The molecule has 1 atom stereocenters. The van der Waals surface area contributed by atoms with Crippen LogP contribution >= 0.6 is 0 Å². The Labute approximate surface area is 220 Å². The van der Waals surface area contributed by atoms with E-state index in [2.05, 4.69) is 15.5 Å². The van der Waals surface area contributed by atoms with Gasteiger partial charge in [0.05, 0.1) is 23.0 Å². The second-order valence-electron chi connectivity index (χ2n) is 7.90. The zero-order valence-electron chi connectivity index (χ0n) is 19.8. The summed E-state index contributed by atoms with van der Waals surface area (Å²) in [6.07, 6.45) is -5.53. The Bertz CT molecular complexity index is 1450. The number of hydrazine groups is 1. The molecule has 0 radical (unpaired) electrons. The number of carboxylic acid groups (broad SMARTS) is 1. The summed E-state index contributed by atoms with van der Waals surface area (Å²) < 4.78 is 68.1. The third-order valence-electron chi connectivity index (χ3n) is 5.04. The number of amides is 1. The number of hydrogen-bond donors (Lipinski definition) is 5. The van der Waals surface area contributed by atoms with Crippen LogP contribution in [-0.4, -0.2) is 37.7 Å². The minimum atomic E-state index is -4.92. The van der Waals surface area contributed by atoms with E-state index in [-0.39, 0.29) is 21.7 Å². The predicted molar refractivity (Wildman–Crippen MR) is 133 cm³/mol. The van der Waals surface area contributed by atoms with Crippen molar-refractivity contribution < 1.29 is 41.0 Å². The molecule has 11 nitrogen and oxygen atoms in total. The van der Waals surface area contributed by atoms with Crippen LogP contribution in [0, 0.1) is 5.41 Å². The molecule has 0 aliphatic heterocycles. The number of carboxylic acids is 1. The van der Waals surface area contributed by atoms with E-state index >= 15 is 0 Å². The Hall–Kier alpha value is -4.79. The Kier molecular flexibility index (Phi) is 8.65. The Morgan fingerprint density at radius 1 is 1.03 bits per heavy atom. The highest BCUT2D eigenvalue weighted by Crippen LogP contribution is 2.27. The molecule has 15 heteroatoms. The Morgan fingerprint density at radius 2 is 1.67 bits per heavy atom. The number of halogens is 3. The fraction of sp³-hybridized carbons (Fsp3) is 0.125. The van der Waals surface area contributed by atoms with E-state index in [9.17, 15) is 36.3 Å². The van der Waals surface area contributed by atoms with Crippen LogP contribution in [0.25, 0.3) is 0 Å². The van der Waals surface area contributed by atoms with E-state index in [1.54, 1.807) is 6.07 Å². The van der Waals surface area contributed by atoms with E-state index in [4.69, 9.17) is 11.1 Å². The second kappa shape index (κ2) is 11.7. The summed E-state index contributed by atoms with van der Waals surface area (Å²) in [5.41, 5.74) is 7.69. The van der Waals surface area contributed by atoms with Crippen LogP contribution in [0.4, 0.5) is 18.9 Å². The van der Waals surface area contributed by atoms with Crippen molar-refractivity contribution >= 4 is 33.5 Å². The monoisotopic (exact) mass is 565 g/mol. The Morgan fingerprint density at radius 3 is 2.23 bits per heavy atom. The molecule has 0 fully saturated rings. The maximum Gasteiger partial charge on any atom is 0.573 e. The van der Waals surface area contributed by atoms with Gasteiger partial charge >= 0.3 is 12.3 Å². The number of carbonyl (C=O) groups is 2. The molecule has 6 N–H and O–H groups in total. The summed E-state index contributed by atoms with van der Waals surface area (Å²) in [4.78, 5) is 24.2. The molecular weight excluding hydrogens is 543 g/mol. The van der Waals surface area contributed by atoms with Gasteiger partial charge in [-0.2, -0.15) is 12.8 Å². The van der Waals surface area contributed by atoms with Crippen molar-refractivity contribution in [2.45, 2.75) is 23.7 Å². The maximum absolute atomic E-state index is 13.3. The van der Waals surface area contributed by atoms with Gasteiger partial charge in [0.15, 0.2) is 0 Å². The van der Waals surface area contributed by atoms with Gasteiger partial charge in [-0.25, -0.2) is 0 Å². The molecule has 206 valence electrons. The van der Waals surface area contributed by atoms with Crippen molar-refractivity contribution in [2.24, 2.45) is 5.73 Å². The van der Waals surface area contributed by atoms with Gasteiger partial charge < -0.3 is 20.9 Å². The number of ether oxygens (including phenoxy) is 1. The summed E-state index contributed by atoms with van der Waals surface area (Å²) in [7, 11) is -4.29. The molecule has 39 heavy (non-hydrogen) atoms. The van der Waals surface area contributed by atoms with Crippen LogP contribution < -0.4 is 25.6 Å². The van der Waals surface area contributed by atoms with E-state index < -0.39 is 52.4 Å². The van der Waals surface area contributed by atoms with Gasteiger partial charge in [0.1, 0.15) is 5.75 Å². The number of aliphatic carboxylic acids is 1. The molecule has 0 aliphatic rings. The normalized spacial score (nSPS) is 12.2. The zero-order valence-corrected chi connectivity index (χ0v) is 20.7. The molecule has 1 unspecified atom stereocenters. The lowest BCUT2D eigenvalue weighted by Crippen LogP contribution is -2.49. The van der Waals surface area contributed by atoms with Crippen LogP contribution in [0.2, 0.25) is 0 Å². The van der Waals surface area contributed by atoms with Gasteiger partial charge in [0.2, 0.25) is 5.96 Å². The average molecular weight is 566 g/mol. The standard InChI is InChI=1S/C24H22F3N5O6S/c25-24(26,27)38-18-11-9-15(10-12-18)22(35)30-20(14-21(33)34)16-5-4-6-17(13-16)32(31-23(28)29)39(36,37)19-7-2-1-3-8-19/h1-13,20H,14H2,(H,30,35)(H,33,34)(H4,28,29,31). The number of anilines is 1. The first kappa shape index (κ1) is 28.8. The zero-order chi connectivity index (χ0) is 28.8. The minimum Gasteiger partial charge on any atom is -0.481 e. The third-order valence-corrected chi connectivity index (χ3v) is 6.70. The second-order valence-corrected chi connectivity index (χ2v) is 9.69. The highest BCUT2D eigenvalue weighted by molar-refractivity contribution is 7.92. The summed E-state index contributed by atoms with van der Waals surface area (Å²) in [5.74, 6) is -3.35. The number of carbonyl (C=O) groups excluding carboxylic acids is 1. The maximum atomic E-state index is 13.3.